The Bertz CT molecular complexity index is 395. The summed E-state index contributed by atoms with van der Waals surface area (Å²) in [4.78, 5) is 0. The second kappa shape index (κ2) is 5.28. The second-order valence-electron chi connectivity index (χ2n) is 3.78. The van der Waals surface area contributed by atoms with Crippen LogP contribution in [0.3, 0.4) is 0 Å². The Balaban J connectivity index is 3.09. The minimum absolute atomic E-state index is 0.256. The molecule has 0 fully saturated rings. The van der Waals surface area contributed by atoms with Crippen molar-refractivity contribution in [3.8, 4) is 5.75 Å². The van der Waals surface area contributed by atoms with Crippen LogP contribution in [0.25, 0.3) is 0 Å². The van der Waals surface area contributed by atoms with Crippen molar-refractivity contribution in [3.05, 3.63) is 29.8 Å². The van der Waals surface area contributed by atoms with Gasteiger partial charge >= 0.3 is 12.4 Å². The Kier molecular flexibility index (Phi) is 4.34. The number of hydrogen-bond acceptors (Lipinski definition) is 2. The molecule has 0 heterocycles. The van der Waals surface area contributed by atoms with Crippen LogP contribution in [0, 0.1) is 5.92 Å². The number of alkyl halides is 6. The van der Waals surface area contributed by atoms with Crippen LogP contribution in [0.4, 0.5) is 26.3 Å². The van der Waals surface area contributed by atoms with Crippen molar-refractivity contribution >= 4 is 0 Å². The molecule has 0 saturated heterocycles. The van der Waals surface area contributed by atoms with Gasteiger partial charge in [-0.15, -0.1) is 0 Å². The highest BCUT2D eigenvalue weighted by atomic mass is 19.4. The Morgan fingerprint density at radius 3 is 1.68 bits per heavy atom. The number of halogens is 6. The van der Waals surface area contributed by atoms with Gasteiger partial charge in [0, 0.05) is 0 Å². The van der Waals surface area contributed by atoms with Gasteiger partial charge in [-0.1, -0.05) is 12.1 Å². The Hall–Kier alpha value is -1.44. The number of aliphatic hydroxyl groups is 1. The molecule has 1 rings (SSSR count). The SMILES string of the molecule is COc1ccc(C(O)C(C(F)(F)F)C(F)(F)F)cc1. The average Bonchev–Trinajstić information content (AvgIpc) is 2.25. The molecule has 0 aliphatic rings. The summed E-state index contributed by atoms with van der Waals surface area (Å²) in [7, 11) is 1.29. The molecule has 0 saturated carbocycles. The van der Waals surface area contributed by atoms with Crippen molar-refractivity contribution in [1.82, 2.24) is 0 Å². The van der Waals surface area contributed by atoms with E-state index in [-0.39, 0.29) is 5.75 Å². The lowest BCUT2D eigenvalue weighted by Gasteiger charge is -2.27. The van der Waals surface area contributed by atoms with E-state index in [0.717, 1.165) is 12.1 Å². The third-order valence-electron chi connectivity index (χ3n) is 2.48. The topological polar surface area (TPSA) is 29.5 Å². The molecular formula is C11H10F6O2. The predicted molar refractivity (Wildman–Crippen MR) is 53.6 cm³/mol. The van der Waals surface area contributed by atoms with Crippen molar-refractivity contribution < 1.29 is 36.2 Å². The minimum atomic E-state index is -5.59. The molecule has 19 heavy (non-hydrogen) atoms. The summed E-state index contributed by atoms with van der Waals surface area (Å²) in [6, 6.07) is 4.24. The lowest BCUT2D eigenvalue weighted by molar-refractivity contribution is -0.307. The van der Waals surface area contributed by atoms with Crippen molar-refractivity contribution in [2.24, 2.45) is 5.92 Å². The van der Waals surface area contributed by atoms with E-state index in [0.29, 0.717) is 0 Å². The van der Waals surface area contributed by atoms with E-state index < -0.39 is 29.9 Å². The molecule has 0 aromatic heterocycles. The molecule has 1 atom stereocenters. The van der Waals surface area contributed by atoms with E-state index in [4.69, 9.17) is 4.74 Å². The summed E-state index contributed by atoms with van der Waals surface area (Å²) in [6.45, 7) is 0. The summed E-state index contributed by atoms with van der Waals surface area (Å²) in [6.07, 6.45) is -13.9. The van der Waals surface area contributed by atoms with Crippen molar-refractivity contribution in [3.63, 3.8) is 0 Å². The maximum atomic E-state index is 12.4. The largest absolute Gasteiger partial charge is 0.497 e. The molecule has 0 aliphatic carbocycles. The van der Waals surface area contributed by atoms with E-state index in [1.807, 2.05) is 0 Å². The lowest BCUT2D eigenvalue weighted by Crippen LogP contribution is -2.40. The highest BCUT2D eigenvalue weighted by Crippen LogP contribution is 2.46. The molecule has 1 aromatic rings. The summed E-state index contributed by atoms with van der Waals surface area (Å²) >= 11 is 0. The third kappa shape index (κ3) is 3.76. The average molecular weight is 288 g/mol. The van der Waals surface area contributed by atoms with Crippen LogP contribution < -0.4 is 4.74 Å². The van der Waals surface area contributed by atoms with Gasteiger partial charge in [0.1, 0.15) is 5.75 Å². The van der Waals surface area contributed by atoms with Gasteiger partial charge in [0.25, 0.3) is 0 Å². The molecule has 0 aliphatic heterocycles. The van der Waals surface area contributed by atoms with Gasteiger partial charge in [0.15, 0.2) is 5.92 Å². The predicted octanol–water partition coefficient (Wildman–Crippen LogP) is 3.47. The molecule has 0 spiro atoms. The van der Waals surface area contributed by atoms with Gasteiger partial charge in [0.05, 0.1) is 13.2 Å². The molecule has 108 valence electrons. The van der Waals surface area contributed by atoms with Gasteiger partial charge in [-0.25, -0.2) is 0 Å². The fourth-order valence-corrected chi connectivity index (χ4v) is 1.54. The Morgan fingerprint density at radius 2 is 1.37 bits per heavy atom. The lowest BCUT2D eigenvalue weighted by atomic mass is 9.94. The highest BCUT2D eigenvalue weighted by Gasteiger charge is 2.60. The van der Waals surface area contributed by atoms with E-state index in [2.05, 4.69) is 0 Å². The standard InChI is InChI=1S/C11H10F6O2/c1-19-7-4-2-6(3-5-7)8(18)9(10(12,13)14)11(15,16)17/h2-5,8-9,18H,1H3. The second-order valence-corrected chi connectivity index (χ2v) is 3.78. The monoisotopic (exact) mass is 288 g/mol. The van der Waals surface area contributed by atoms with E-state index >= 15 is 0 Å². The fraction of sp³-hybridized carbons (Fsp3) is 0.455. The first-order chi connectivity index (χ1) is 8.57. The van der Waals surface area contributed by atoms with E-state index in [1.165, 1.54) is 19.2 Å². The molecule has 2 nitrogen and oxygen atoms in total. The number of rotatable bonds is 3. The third-order valence-corrected chi connectivity index (χ3v) is 2.48. The van der Waals surface area contributed by atoms with Crippen molar-refractivity contribution in [2.45, 2.75) is 18.5 Å². The molecule has 8 heteroatoms. The Morgan fingerprint density at radius 1 is 0.947 bits per heavy atom. The molecule has 0 bridgehead atoms. The number of hydrogen-bond donors (Lipinski definition) is 1. The smallest absolute Gasteiger partial charge is 0.403 e. The minimum Gasteiger partial charge on any atom is -0.497 e. The van der Waals surface area contributed by atoms with Crippen LogP contribution >= 0.6 is 0 Å². The van der Waals surface area contributed by atoms with E-state index in [9.17, 15) is 31.4 Å². The van der Waals surface area contributed by atoms with Gasteiger partial charge in [-0.3, -0.25) is 0 Å². The summed E-state index contributed by atoms with van der Waals surface area (Å²) < 4.78 is 79.1. The van der Waals surface area contributed by atoms with Crippen LogP contribution in [0.2, 0.25) is 0 Å². The van der Waals surface area contributed by atoms with Crippen LogP contribution in [0.1, 0.15) is 11.7 Å². The molecular weight excluding hydrogens is 278 g/mol. The van der Waals surface area contributed by atoms with Crippen LogP contribution in [-0.4, -0.2) is 24.6 Å². The zero-order valence-electron chi connectivity index (χ0n) is 9.59. The highest BCUT2D eigenvalue weighted by molar-refractivity contribution is 5.29. The molecule has 1 aromatic carbocycles. The zero-order chi connectivity index (χ0) is 14.8. The number of methoxy groups -OCH3 is 1. The first kappa shape index (κ1) is 15.6. The van der Waals surface area contributed by atoms with Crippen LogP contribution in [-0.2, 0) is 0 Å². The first-order valence-electron chi connectivity index (χ1n) is 5.03. The van der Waals surface area contributed by atoms with Crippen LogP contribution in [0.15, 0.2) is 24.3 Å². The zero-order valence-corrected chi connectivity index (χ0v) is 9.59. The summed E-state index contributed by atoms with van der Waals surface area (Å²) in [5, 5.41) is 9.33. The molecule has 1 N–H and O–H groups in total. The number of benzene rings is 1. The fourth-order valence-electron chi connectivity index (χ4n) is 1.54. The van der Waals surface area contributed by atoms with E-state index in [1.54, 1.807) is 0 Å². The molecule has 1 unspecified atom stereocenters. The van der Waals surface area contributed by atoms with Gasteiger partial charge in [-0.2, -0.15) is 26.3 Å². The van der Waals surface area contributed by atoms with Crippen molar-refractivity contribution in [1.29, 1.82) is 0 Å². The number of ether oxygens (including phenoxy) is 1. The quantitative estimate of drug-likeness (QED) is 0.863. The van der Waals surface area contributed by atoms with Crippen LogP contribution in [0.5, 0.6) is 5.75 Å². The van der Waals surface area contributed by atoms with Crippen molar-refractivity contribution in [2.75, 3.05) is 7.11 Å². The normalized spacial score (nSPS) is 14.6. The van der Waals surface area contributed by atoms with Gasteiger partial charge in [-0.05, 0) is 17.7 Å². The number of aliphatic hydroxyl groups excluding tert-OH is 1. The summed E-state index contributed by atoms with van der Waals surface area (Å²) in [5.41, 5.74) is -0.486. The van der Waals surface area contributed by atoms with Gasteiger partial charge in [0.2, 0.25) is 0 Å². The molecule has 0 amide bonds. The maximum absolute atomic E-state index is 12.4. The molecule has 0 radical (unpaired) electrons. The Labute approximate surface area is 104 Å². The maximum Gasteiger partial charge on any atom is 0.403 e. The first-order valence-corrected chi connectivity index (χ1v) is 5.03. The van der Waals surface area contributed by atoms with Gasteiger partial charge < -0.3 is 9.84 Å². The summed E-state index contributed by atoms with van der Waals surface area (Å²) in [5.74, 6) is -3.57.